The first-order valence-corrected chi connectivity index (χ1v) is 14.3. The van der Waals surface area contributed by atoms with Gasteiger partial charge in [-0.25, -0.2) is 4.79 Å². The Balaban J connectivity index is 3.39. The number of ether oxygens (including phenoxy) is 2. The minimum absolute atomic E-state index is 0.0217. The molecule has 0 saturated heterocycles. The maximum atomic E-state index is 14.1. The summed E-state index contributed by atoms with van der Waals surface area (Å²) >= 11 is 0. The maximum Gasteiger partial charge on any atom is 0.408 e. The average Bonchev–Trinajstić information content (AvgIpc) is 2.85. The van der Waals surface area contributed by atoms with Crippen molar-refractivity contribution in [2.75, 3.05) is 19.7 Å². The van der Waals surface area contributed by atoms with Gasteiger partial charge in [-0.15, -0.1) is 0 Å². The van der Waals surface area contributed by atoms with Crippen molar-refractivity contribution in [3.05, 3.63) is 29.8 Å². The van der Waals surface area contributed by atoms with Gasteiger partial charge in [0.15, 0.2) is 0 Å². The Morgan fingerprint density at radius 1 is 1.02 bits per heavy atom. The molecule has 10 heteroatoms. The Bertz CT molecular complexity index is 959. The summed E-state index contributed by atoms with van der Waals surface area (Å²) in [6.07, 6.45) is 3.88. The van der Waals surface area contributed by atoms with Gasteiger partial charge in [0.05, 0.1) is 13.0 Å². The Labute approximate surface area is 239 Å². The third-order valence-electron chi connectivity index (χ3n) is 6.07. The standard InChI is InChI=1S/C30H49N3O7/c1-8-10-11-12-13-19-33(28(37)25(21(3)4)32-29(38)40-30(5,6)7)26(22-15-14-16-23(34)20-22)27(36)31-18-17-24(35)39-9-2/h14-16,20-21,25-26,34H,8-13,17-19H2,1-7H3,(H,31,36)(H,32,38). The van der Waals surface area contributed by atoms with Gasteiger partial charge in [0, 0.05) is 13.1 Å². The Morgan fingerprint density at radius 2 is 1.70 bits per heavy atom. The van der Waals surface area contributed by atoms with Crippen LogP contribution >= 0.6 is 0 Å². The molecule has 2 atom stereocenters. The first-order valence-electron chi connectivity index (χ1n) is 14.3. The molecule has 3 N–H and O–H groups in total. The number of carbonyl (C=O) groups is 4. The van der Waals surface area contributed by atoms with Gasteiger partial charge in [-0.2, -0.15) is 0 Å². The van der Waals surface area contributed by atoms with Crippen molar-refractivity contribution in [2.24, 2.45) is 5.92 Å². The van der Waals surface area contributed by atoms with E-state index in [0.29, 0.717) is 12.0 Å². The normalized spacial score (nSPS) is 12.8. The molecule has 0 aliphatic heterocycles. The lowest BCUT2D eigenvalue weighted by molar-refractivity contribution is -0.144. The van der Waals surface area contributed by atoms with Gasteiger partial charge in [-0.3, -0.25) is 14.4 Å². The van der Waals surface area contributed by atoms with Crippen LogP contribution in [0.25, 0.3) is 0 Å². The molecule has 1 rings (SSSR count). The molecule has 1 aromatic rings. The molecule has 0 radical (unpaired) electrons. The van der Waals surface area contributed by atoms with Crippen molar-refractivity contribution >= 4 is 23.9 Å². The van der Waals surface area contributed by atoms with Crippen LogP contribution in [0.3, 0.4) is 0 Å². The second kappa shape index (κ2) is 17.4. The lowest BCUT2D eigenvalue weighted by Gasteiger charge is -2.35. The highest BCUT2D eigenvalue weighted by Gasteiger charge is 2.37. The first kappa shape index (κ1) is 34.7. The summed E-state index contributed by atoms with van der Waals surface area (Å²) in [5.74, 6) is -1.74. The van der Waals surface area contributed by atoms with E-state index in [0.717, 1.165) is 25.7 Å². The predicted molar refractivity (Wildman–Crippen MR) is 154 cm³/mol. The highest BCUT2D eigenvalue weighted by atomic mass is 16.6. The number of rotatable bonds is 16. The predicted octanol–water partition coefficient (Wildman–Crippen LogP) is 4.85. The number of nitrogens with one attached hydrogen (secondary N) is 2. The van der Waals surface area contributed by atoms with E-state index in [1.54, 1.807) is 39.8 Å². The quantitative estimate of drug-likeness (QED) is 0.193. The molecule has 40 heavy (non-hydrogen) atoms. The van der Waals surface area contributed by atoms with Crippen LogP contribution in [0.2, 0.25) is 0 Å². The largest absolute Gasteiger partial charge is 0.508 e. The van der Waals surface area contributed by atoms with Crippen LogP contribution < -0.4 is 10.6 Å². The highest BCUT2D eigenvalue weighted by molar-refractivity contribution is 5.92. The molecule has 2 unspecified atom stereocenters. The lowest BCUT2D eigenvalue weighted by atomic mass is 9.98. The van der Waals surface area contributed by atoms with Gasteiger partial charge in [0.25, 0.3) is 0 Å². The molecule has 0 aliphatic rings. The summed E-state index contributed by atoms with van der Waals surface area (Å²) in [7, 11) is 0. The van der Waals surface area contributed by atoms with Crippen LogP contribution in [0.15, 0.2) is 24.3 Å². The molecular formula is C30H49N3O7. The summed E-state index contributed by atoms with van der Waals surface area (Å²) in [6, 6.07) is 4.13. The second-order valence-electron chi connectivity index (χ2n) is 11.2. The number of unbranched alkanes of at least 4 members (excludes halogenated alkanes) is 4. The molecule has 10 nitrogen and oxygen atoms in total. The van der Waals surface area contributed by atoms with Crippen molar-refractivity contribution in [3.63, 3.8) is 0 Å². The van der Waals surface area contributed by atoms with Crippen LogP contribution in [0.4, 0.5) is 4.79 Å². The number of hydrogen-bond acceptors (Lipinski definition) is 7. The fourth-order valence-corrected chi connectivity index (χ4v) is 4.16. The van der Waals surface area contributed by atoms with Gasteiger partial charge in [-0.05, 0) is 57.7 Å². The number of esters is 1. The lowest BCUT2D eigenvalue weighted by Crippen LogP contribution is -2.55. The molecule has 0 saturated carbocycles. The number of benzene rings is 1. The summed E-state index contributed by atoms with van der Waals surface area (Å²) in [6.45, 7) is 13.2. The molecule has 226 valence electrons. The fraction of sp³-hybridized carbons (Fsp3) is 0.667. The summed E-state index contributed by atoms with van der Waals surface area (Å²) in [4.78, 5) is 53.7. The molecule has 0 spiro atoms. The first-order chi connectivity index (χ1) is 18.8. The number of nitrogens with zero attached hydrogens (tertiary/aromatic N) is 1. The molecule has 0 heterocycles. The Kier molecular flexibility index (Phi) is 15.1. The van der Waals surface area contributed by atoms with E-state index in [-0.39, 0.29) is 37.8 Å². The van der Waals surface area contributed by atoms with Crippen molar-refractivity contribution in [1.29, 1.82) is 0 Å². The third kappa shape index (κ3) is 12.7. The van der Waals surface area contributed by atoms with Crippen LogP contribution in [0.5, 0.6) is 5.75 Å². The summed E-state index contributed by atoms with van der Waals surface area (Å²) < 4.78 is 10.3. The van der Waals surface area contributed by atoms with Crippen molar-refractivity contribution in [3.8, 4) is 5.75 Å². The van der Waals surface area contributed by atoms with Gasteiger partial charge >= 0.3 is 12.1 Å². The molecule has 0 bridgehead atoms. The van der Waals surface area contributed by atoms with E-state index in [4.69, 9.17) is 9.47 Å². The minimum atomic E-state index is -1.10. The second-order valence-corrected chi connectivity index (χ2v) is 11.2. The van der Waals surface area contributed by atoms with Gasteiger partial charge in [-0.1, -0.05) is 58.6 Å². The number of phenolic OH excluding ortho intramolecular Hbond substituents is 1. The van der Waals surface area contributed by atoms with Crippen LogP contribution in [-0.2, 0) is 23.9 Å². The van der Waals surface area contributed by atoms with Gasteiger partial charge in [0.1, 0.15) is 23.4 Å². The van der Waals surface area contributed by atoms with E-state index in [9.17, 15) is 24.3 Å². The number of carbonyl (C=O) groups excluding carboxylic acids is 4. The average molecular weight is 564 g/mol. The Morgan fingerprint density at radius 3 is 2.27 bits per heavy atom. The van der Waals surface area contributed by atoms with Gasteiger partial charge < -0.3 is 30.1 Å². The SMILES string of the molecule is CCCCCCCN(C(=O)C(NC(=O)OC(C)(C)C)C(C)C)C(C(=O)NCCC(=O)OCC)c1cccc(O)c1. The molecule has 3 amide bonds. The zero-order valence-electron chi connectivity index (χ0n) is 25.2. The fourth-order valence-electron chi connectivity index (χ4n) is 4.16. The maximum absolute atomic E-state index is 14.1. The van der Waals surface area contributed by atoms with Crippen molar-refractivity contribution in [1.82, 2.24) is 15.5 Å². The highest BCUT2D eigenvalue weighted by Crippen LogP contribution is 2.27. The molecule has 0 aliphatic carbocycles. The molecule has 1 aromatic carbocycles. The van der Waals surface area contributed by atoms with Gasteiger partial charge in [0.2, 0.25) is 11.8 Å². The number of hydrogen-bond donors (Lipinski definition) is 3. The molecule has 0 fully saturated rings. The van der Waals surface area contributed by atoms with E-state index in [1.165, 1.54) is 17.0 Å². The number of phenols is 1. The van der Waals surface area contributed by atoms with E-state index in [1.807, 2.05) is 13.8 Å². The number of amides is 3. The smallest absolute Gasteiger partial charge is 0.408 e. The van der Waals surface area contributed by atoms with Crippen LogP contribution in [0, 0.1) is 5.92 Å². The topological polar surface area (TPSA) is 134 Å². The van der Waals surface area contributed by atoms with E-state index < -0.39 is 41.6 Å². The van der Waals surface area contributed by atoms with Crippen LogP contribution in [0.1, 0.15) is 98.6 Å². The minimum Gasteiger partial charge on any atom is -0.508 e. The summed E-state index contributed by atoms with van der Waals surface area (Å²) in [5.41, 5.74) is -0.341. The molecular weight excluding hydrogens is 514 g/mol. The number of aromatic hydroxyl groups is 1. The number of alkyl carbamates (subject to hydrolysis) is 1. The van der Waals surface area contributed by atoms with Crippen LogP contribution in [-0.4, -0.2) is 65.2 Å². The zero-order valence-corrected chi connectivity index (χ0v) is 25.2. The van der Waals surface area contributed by atoms with Crippen molar-refractivity contribution < 1.29 is 33.8 Å². The molecule has 0 aromatic heterocycles. The Hall–Kier alpha value is -3.30. The zero-order chi connectivity index (χ0) is 30.3. The monoisotopic (exact) mass is 563 g/mol. The third-order valence-corrected chi connectivity index (χ3v) is 6.07. The summed E-state index contributed by atoms with van der Waals surface area (Å²) in [5, 5.41) is 15.6. The van der Waals surface area contributed by atoms with E-state index >= 15 is 0 Å². The van der Waals surface area contributed by atoms with Crippen molar-refractivity contribution in [2.45, 2.75) is 105 Å². The van der Waals surface area contributed by atoms with E-state index in [2.05, 4.69) is 17.6 Å².